The monoisotopic (exact) mass is 377 g/mol. The predicted octanol–water partition coefficient (Wildman–Crippen LogP) is 3.59. The molecule has 1 N–H and O–H groups in total. The van der Waals surface area contributed by atoms with Gasteiger partial charge in [-0.15, -0.1) is 0 Å². The van der Waals surface area contributed by atoms with Crippen LogP contribution < -0.4 is 10.1 Å². The van der Waals surface area contributed by atoms with Crippen molar-refractivity contribution in [3.63, 3.8) is 0 Å². The van der Waals surface area contributed by atoms with E-state index in [1.54, 1.807) is 6.92 Å². The highest BCUT2D eigenvalue weighted by Gasteiger charge is 2.19. The molecule has 0 fully saturated rings. The quantitative estimate of drug-likeness (QED) is 0.561. The zero-order valence-electron chi connectivity index (χ0n) is 14.5. The minimum atomic E-state index is -0.541. The summed E-state index contributed by atoms with van der Waals surface area (Å²) < 4.78 is 5.62. The zero-order chi connectivity index (χ0) is 19.1. The average Bonchev–Trinajstić information content (AvgIpc) is 2.63. The van der Waals surface area contributed by atoms with E-state index in [4.69, 9.17) is 16.3 Å². The van der Waals surface area contributed by atoms with Crippen LogP contribution in [0.15, 0.2) is 48.5 Å². The van der Waals surface area contributed by atoms with Crippen molar-refractivity contribution in [2.24, 2.45) is 0 Å². The number of hydrogen-bond donors (Lipinski definition) is 1. The van der Waals surface area contributed by atoms with E-state index in [2.05, 4.69) is 5.32 Å². The molecule has 0 radical (unpaired) electrons. The van der Waals surface area contributed by atoms with Crippen molar-refractivity contribution in [3.8, 4) is 5.75 Å². The molecule has 0 aromatic heterocycles. The summed E-state index contributed by atoms with van der Waals surface area (Å²) in [4.78, 5) is 24.4. The second kappa shape index (κ2) is 9.17. The molecule has 0 heterocycles. The van der Waals surface area contributed by atoms with Crippen molar-refractivity contribution in [2.45, 2.75) is 13.0 Å². The summed E-state index contributed by atoms with van der Waals surface area (Å²) >= 11 is 6.00. The van der Waals surface area contributed by atoms with Crippen LogP contribution in [0.4, 0.5) is 11.4 Å². The van der Waals surface area contributed by atoms with E-state index >= 15 is 0 Å². The molecular formula is C18H20ClN3O4. The third-order valence-electron chi connectivity index (χ3n) is 3.92. The smallest absolute Gasteiger partial charge is 0.271 e. The normalized spacial score (nSPS) is 11.8. The van der Waals surface area contributed by atoms with Crippen LogP contribution in [0.5, 0.6) is 5.75 Å². The Kier molecular flexibility index (Phi) is 6.94. The molecule has 0 bridgehead atoms. The van der Waals surface area contributed by atoms with Crippen molar-refractivity contribution < 1.29 is 14.5 Å². The maximum atomic E-state index is 12.4. The molecule has 8 heteroatoms. The van der Waals surface area contributed by atoms with Crippen LogP contribution in [0.3, 0.4) is 0 Å². The molecular weight excluding hydrogens is 358 g/mol. The molecule has 2 aromatic rings. The topological polar surface area (TPSA) is 84.7 Å². The lowest BCUT2D eigenvalue weighted by atomic mass is 10.2. The number of para-hydroxylation sites is 1. The fourth-order valence-electron chi connectivity index (χ4n) is 2.17. The Morgan fingerprint density at radius 1 is 1.31 bits per heavy atom. The zero-order valence-corrected chi connectivity index (χ0v) is 15.3. The van der Waals surface area contributed by atoms with Crippen molar-refractivity contribution in [1.29, 1.82) is 0 Å². The molecule has 0 aliphatic rings. The van der Waals surface area contributed by atoms with Crippen molar-refractivity contribution >= 4 is 28.9 Å². The number of carbonyl (C=O) groups excluding carboxylic acids is 1. The van der Waals surface area contributed by atoms with E-state index in [0.29, 0.717) is 18.8 Å². The molecule has 1 amide bonds. The van der Waals surface area contributed by atoms with Gasteiger partial charge in [-0.2, -0.15) is 0 Å². The molecule has 26 heavy (non-hydrogen) atoms. The molecule has 0 aliphatic heterocycles. The maximum absolute atomic E-state index is 12.4. The van der Waals surface area contributed by atoms with Gasteiger partial charge in [0, 0.05) is 18.7 Å². The first kappa shape index (κ1) is 19.7. The van der Waals surface area contributed by atoms with Crippen molar-refractivity contribution in [2.75, 3.05) is 25.5 Å². The highest BCUT2D eigenvalue weighted by atomic mass is 35.5. The van der Waals surface area contributed by atoms with Crippen LogP contribution in [-0.2, 0) is 4.79 Å². The Bertz CT molecular complexity index is 770. The van der Waals surface area contributed by atoms with Crippen LogP contribution in [0.25, 0.3) is 0 Å². The van der Waals surface area contributed by atoms with Gasteiger partial charge in [-0.05, 0) is 32.2 Å². The van der Waals surface area contributed by atoms with Gasteiger partial charge in [0.05, 0.1) is 21.7 Å². The van der Waals surface area contributed by atoms with Crippen LogP contribution in [0.2, 0.25) is 5.02 Å². The molecule has 0 spiro atoms. The number of amides is 1. The third kappa shape index (κ3) is 5.44. The number of nitrogens with one attached hydrogen (secondary N) is 1. The molecule has 2 aromatic carbocycles. The number of nitrogens with zero attached hydrogens (tertiary/aromatic N) is 2. The van der Waals surface area contributed by atoms with Gasteiger partial charge in [0.15, 0.2) is 0 Å². The number of carbonyl (C=O) groups is 1. The summed E-state index contributed by atoms with van der Waals surface area (Å²) in [5, 5.41) is 13.5. The fraction of sp³-hybridized carbons (Fsp3) is 0.278. The van der Waals surface area contributed by atoms with Gasteiger partial charge >= 0.3 is 0 Å². The highest BCUT2D eigenvalue weighted by molar-refractivity contribution is 6.34. The van der Waals surface area contributed by atoms with Crippen LogP contribution in [0.1, 0.15) is 6.92 Å². The number of ether oxygens (including phenoxy) is 1. The number of likely N-dealkylation sites (N-methyl/N-ethyl adjacent to an activating group) is 1. The molecule has 0 saturated carbocycles. The summed E-state index contributed by atoms with van der Waals surface area (Å²) in [6, 6.07) is 12.9. The molecule has 1 unspecified atom stereocenters. The van der Waals surface area contributed by atoms with E-state index < -0.39 is 11.0 Å². The summed E-state index contributed by atoms with van der Waals surface area (Å²) in [6.45, 7) is 2.76. The first-order valence-electron chi connectivity index (χ1n) is 8.01. The van der Waals surface area contributed by atoms with E-state index in [0.717, 1.165) is 5.75 Å². The summed E-state index contributed by atoms with van der Waals surface area (Å²) in [5.74, 6) is 0.513. The van der Waals surface area contributed by atoms with Crippen LogP contribution in [-0.4, -0.2) is 42.0 Å². The van der Waals surface area contributed by atoms with Gasteiger partial charge in [0.1, 0.15) is 12.4 Å². The second-order valence-corrected chi connectivity index (χ2v) is 6.14. The highest BCUT2D eigenvalue weighted by Crippen LogP contribution is 2.26. The molecule has 0 saturated heterocycles. The second-order valence-electron chi connectivity index (χ2n) is 5.73. The van der Waals surface area contributed by atoms with Crippen LogP contribution >= 0.6 is 11.6 Å². The Hall–Kier alpha value is -2.64. The molecule has 1 atom stereocenters. The van der Waals surface area contributed by atoms with E-state index in [1.165, 1.54) is 18.2 Å². The largest absolute Gasteiger partial charge is 0.492 e. The number of non-ortho nitro benzene ring substituents is 1. The van der Waals surface area contributed by atoms with Crippen molar-refractivity contribution in [1.82, 2.24) is 4.90 Å². The Morgan fingerprint density at radius 2 is 2.00 bits per heavy atom. The minimum absolute atomic E-state index is 0.120. The van der Waals surface area contributed by atoms with E-state index in [9.17, 15) is 14.9 Å². The summed E-state index contributed by atoms with van der Waals surface area (Å²) in [7, 11) is 1.82. The van der Waals surface area contributed by atoms with Gasteiger partial charge in [-0.25, -0.2) is 0 Å². The molecule has 138 valence electrons. The Balaban J connectivity index is 1.87. The lowest BCUT2D eigenvalue weighted by Gasteiger charge is -2.24. The third-order valence-corrected chi connectivity index (χ3v) is 4.23. The maximum Gasteiger partial charge on any atom is 0.271 e. The van der Waals surface area contributed by atoms with Crippen LogP contribution in [0, 0.1) is 10.1 Å². The van der Waals surface area contributed by atoms with Gasteiger partial charge in [-0.1, -0.05) is 29.8 Å². The Morgan fingerprint density at radius 3 is 2.62 bits per heavy atom. The number of halogens is 1. The lowest BCUT2D eigenvalue weighted by molar-refractivity contribution is -0.384. The Labute approximate surface area is 156 Å². The van der Waals surface area contributed by atoms with E-state index in [-0.39, 0.29) is 16.6 Å². The SMILES string of the molecule is CC(C(=O)Nc1ccc([N+](=O)[O-])cc1Cl)N(C)CCOc1ccccc1. The first-order chi connectivity index (χ1) is 12.4. The standard InChI is InChI=1S/C18H20ClN3O4/c1-13(21(2)10-11-26-15-6-4-3-5-7-15)18(23)20-17-9-8-14(22(24)25)12-16(17)19/h3-9,12-13H,10-11H2,1-2H3,(H,20,23). The summed E-state index contributed by atoms with van der Waals surface area (Å²) in [6.07, 6.45) is 0. The fourth-order valence-corrected chi connectivity index (χ4v) is 2.40. The first-order valence-corrected chi connectivity index (χ1v) is 8.39. The van der Waals surface area contributed by atoms with Gasteiger partial charge in [0.25, 0.3) is 5.69 Å². The summed E-state index contributed by atoms with van der Waals surface area (Å²) in [5.41, 5.74) is 0.208. The number of nitro groups is 1. The predicted molar refractivity (Wildman–Crippen MR) is 101 cm³/mol. The number of nitro benzene ring substituents is 1. The molecule has 2 rings (SSSR count). The molecule has 7 nitrogen and oxygen atoms in total. The number of hydrogen-bond acceptors (Lipinski definition) is 5. The lowest BCUT2D eigenvalue weighted by Crippen LogP contribution is -2.41. The average molecular weight is 378 g/mol. The number of benzene rings is 2. The minimum Gasteiger partial charge on any atom is -0.492 e. The van der Waals surface area contributed by atoms with Crippen molar-refractivity contribution in [3.05, 3.63) is 63.7 Å². The van der Waals surface area contributed by atoms with E-state index in [1.807, 2.05) is 42.3 Å². The van der Waals surface area contributed by atoms with Gasteiger partial charge in [0.2, 0.25) is 5.91 Å². The van der Waals surface area contributed by atoms with Gasteiger partial charge in [-0.3, -0.25) is 19.8 Å². The van der Waals surface area contributed by atoms with Gasteiger partial charge < -0.3 is 10.1 Å². The number of rotatable bonds is 8. The molecule has 0 aliphatic carbocycles. The number of anilines is 1.